The van der Waals surface area contributed by atoms with E-state index in [0.717, 1.165) is 18.2 Å². The monoisotopic (exact) mass is 312 g/mol. The predicted molar refractivity (Wildman–Crippen MR) is 46.1 cm³/mol. The first-order valence-corrected chi connectivity index (χ1v) is 6.14. The van der Waals surface area contributed by atoms with Crippen molar-refractivity contribution >= 4 is 20.2 Å². The summed E-state index contributed by atoms with van der Waals surface area (Å²) in [6.45, 7) is 0. The molecule has 0 radical (unpaired) electrons. The number of halogens is 1. The van der Waals surface area contributed by atoms with Crippen molar-refractivity contribution in [2.45, 2.75) is 9.79 Å². The molecule has 0 heterocycles. The molecule has 0 aliphatic rings. The van der Waals surface area contributed by atoms with Gasteiger partial charge in [-0.2, -0.15) is 16.8 Å². The molecule has 0 atom stereocenters. The molecule has 86 valence electrons. The van der Waals surface area contributed by atoms with Crippen LogP contribution in [-0.2, 0) is 20.2 Å². The third-order valence-electron chi connectivity index (χ3n) is 1.40. The Morgan fingerprint density at radius 1 is 0.875 bits per heavy atom. The average Bonchev–Trinajstić information content (AvgIpc) is 2.01. The van der Waals surface area contributed by atoms with Crippen molar-refractivity contribution in [1.29, 1.82) is 0 Å². The van der Waals surface area contributed by atoms with Crippen LogP contribution in [0.1, 0.15) is 0 Å². The maximum atomic E-state index is 10.6. The molecule has 1 aromatic rings. The zero-order chi connectivity index (χ0) is 11.0. The van der Waals surface area contributed by atoms with E-state index in [1.165, 1.54) is 0 Å². The molecular weight excluding hydrogens is 307 g/mol. The maximum Gasteiger partial charge on any atom is 1.00 e. The van der Waals surface area contributed by atoms with Crippen molar-refractivity contribution in [2.24, 2.45) is 0 Å². The Kier molecular flexibility index (Phi) is 8.18. The van der Waals surface area contributed by atoms with Crippen LogP contribution < -0.4 is 63.8 Å². The second-order valence-corrected chi connectivity index (χ2v) is 5.27. The molecule has 1 aromatic carbocycles. The van der Waals surface area contributed by atoms with E-state index in [9.17, 15) is 16.8 Å². The number of rotatable bonds is 2. The molecular formula is C6H6ClKO6S2. The summed E-state index contributed by atoms with van der Waals surface area (Å²) in [4.78, 5) is -1.18. The molecule has 0 bridgehead atoms. The molecule has 1 rings (SSSR count). The van der Waals surface area contributed by atoms with E-state index < -0.39 is 30.0 Å². The van der Waals surface area contributed by atoms with E-state index in [1.54, 1.807) is 0 Å². The summed E-state index contributed by atoms with van der Waals surface area (Å²) in [5, 5.41) is 0. The van der Waals surface area contributed by atoms with Gasteiger partial charge in [0.2, 0.25) is 0 Å². The second-order valence-electron chi connectivity index (χ2n) is 2.42. The van der Waals surface area contributed by atoms with E-state index >= 15 is 0 Å². The van der Waals surface area contributed by atoms with Crippen molar-refractivity contribution in [3.05, 3.63) is 24.3 Å². The van der Waals surface area contributed by atoms with Gasteiger partial charge >= 0.3 is 51.4 Å². The first kappa shape index (κ1) is 19.3. The molecule has 0 spiro atoms. The zero-order valence-corrected chi connectivity index (χ0v) is 13.5. The van der Waals surface area contributed by atoms with Crippen molar-refractivity contribution in [1.82, 2.24) is 0 Å². The summed E-state index contributed by atoms with van der Waals surface area (Å²) in [5.74, 6) is 0. The van der Waals surface area contributed by atoms with Gasteiger partial charge in [-0.05, 0) is 18.2 Å². The van der Waals surface area contributed by atoms with Crippen LogP contribution in [0.15, 0.2) is 34.1 Å². The Morgan fingerprint density at radius 2 is 1.19 bits per heavy atom. The smallest absolute Gasteiger partial charge is 1.00 e. The van der Waals surface area contributed by atoms with Crippen LogP contribution in [0, 0.1) is 0 Å². The van der Waals surface area contributed by atoms with E-state index in [-0.39, 0.29) is 63.8 Å². The molecule has 16 heavy (non-hydrogen) atoms. The fourth-order valence-corrected chi connectivity index (χ4v) is 1.92. The van der Waals surface area contributed by atoms with Gasteiger partial charge in [0.05, 0.1) is 9.79 Å². The fraction of sp³-hybridized carbons (Fsp3) is 0. The predicted octanol–water partition coefficient (Wildman–Crippen LogP) is -5.81. The molecule has 0 saturated heterocycles. The standard InChI is InChI=1S/C6H6O6S2.ClH.K/c7-13(8,9)5-2-1-3-6(4-5)14(10,11)12;;/h1-4H,(H,7,8,9)(H,10,11,12);1H;/q;;+1/p-1. The molecule has 0 unspecified atom stereocenters. The summed E-state index contributed by atoms with van der Waals surface area (Å²) >= 11 is 0. The minimum Gasteiger partial charge on any atom is -1.00 e. The Balaban J connectivity index is 0. The van der Waals surface area contributed by atoms with E-state index in [4.69, 9.17) is 9.11 Å². The first-order valence-electron chi connectivity index (χ1n) is 3.26. The van der Waals surface area contributed by atoms with Crippen LogP contribution >= 0.6 is 0 Å². The van der Waals surface area contributed by atoms with E-state index in [0.29, 0.717) is 6.07 Å². The summed E-state index contributed by atoms with van der Waals surface area (Å²) in [6.07, 6.45) is 0. The minimum absolute atomic E-state index is 0. The summed E-state index contributed by atoms with van der Waals surface area (Å²) in [5.41, 5.74) is 0. The largest absolute Gasteiger partial charge is 1.00 e. The Bertz CT molecular complexity index is 505. The minimum atomic E-state index is -4.46. The molecule has 0 aliphatic heterocycles. The summed E-state index contributed by atoms with van der Waals surface area (Å²) in [7, 11) is -8.92. The zero-order valence-electron chi connectivity index (χ0n) is 8.03. The molecule has 6 nitrogen and oxygen atoms in total. The van der Waals surface area contributed by atoms with Crippen molar-refractivity contribution in [2.75, 3.05) is 0 Å². The van der Waals surface area contributed by atoms with Crippen LogP contribution in [0.2, 0.25) is 0 Å². The van der Waals surface area contributed by atoms with Gasteiger partial charge in [-0.15, -0.1) is 0 Å². The second kappa shape index (κ2) is 6.78. The van der Waals surface area contributed by atoms with Crippen LogP contribution in [0.4, 0.5) is 0 Å². The fourth-order valence-electron chi connectivity index (χ4n) is 0.795. The van der Waals surface area contributed by atoms with E-state index in [1.807, 2.05) is 0 Å². The number of benzene rings is 1. The van der Waals surface area contributed by atoms with Crippen LogP contribution in [-0.4, -0.2) is 25.9 Å². The van der Waals surface area contributed by atoms with Gasteiger partial charge in [0.1, 0.15) is 0 Å². The number of hydrogen-bond donors (Lipinski definition) is 2. The van der Waals surface area contributed by atoms with Gasteiger partial charge in [-0.25, -0.2) is 0 Å². The number of hydrogen-bond acceptors (Lipinski definition) is 4. The van der Waals surface area contributed by atoms with Gasteiger partial charge in [0.25, 0.3) is 20.2 Å². The quantitative estimate of drug-likeness (QED) is 0.416. The molecule has 0 amide bonds. The SMILES string of the molecule is O=S(=O)(O)c1cccc(S(=O)(=O)O)c1.[Cl-].[K+]. The van der Waals surface area contributed by atoms with Gasteiger partial charge in [0, 0.05) is 0 Å². The molecule has 0 aliphatic carbocycles. The van der Waals surface area contributed by atoms with Crippen molar-refractivity contribution in [3.63, 3.8) is 0 Å². The topological polar surface area (TPSA) is 109 Å². The van der Waals surface area contributed by atoms with Crippen LogP contribution in [0.3, 0.4) is 0 Å². The van der Waals surface area contributed by atoms with Crippen LogP contribution in [0.5, 0.6) is 0 Å². The van der Waals surface area contributed by atoms with Crippen molar-refractivity contribution < 1.29 is 89.7 Å². The van der Waals surface area contributed by atoms with Crippen LogP contribution in [0.25, 0.3) is 0 Å². The average molecular weight is 313 g/mol. The molecule has 2 N–H and O–H groups in total. The Hall–Kier alpha value is 0.966. The van der Waals surface area contributed by atoms with Gasteiger partial charge in [-0.1, -0.05) is 6.07 Å². The molecule has 10 heteroatoms. The first-order chi connectivity index (χ1) is 6.21. The van der Waals surface area contributed by atoms with E-state index in [2.05, 4.69) is 0 Å². The maximum absolute atomic E-state index is 10.6. The molecule has 0 saturated carbocycles. The van der Waals surface area contributed by atoms with Crippen molar-refractivity contribution in [3.8, 4) is 0 Å². The summed E-state index contributed by atoms with van der Waals surface area (Å²) in [6, 6.07) is 3.75. The Labute approximate surface area is 142 Å². The summed E-state index contributed by atoms with van der Waals surface area (Å²) < 4.78 is 59.5. The van der Waals surface area contributed by atoms with Gasteiger partial charge in [-0.3, -0.25) is 9.11 Å². The van der Waals surface area contributed by atoms with Gasteiger partial charge < -0.3 is 12.4 Å². The molecule has 0 fully saturated rings. The third kappa shape index (κ3) is 5.53. The van der Waals surface area contributed by atoms with Gasteiger partial charge in [0.15, 0.2) is 0 Å². The molecule has 0 aromatic heterocycles. The normalized spacial score (nSPS) is 11.1. The third-order valence-corrected chi connectivity index (χ3v) is 3.10. The Morgan fingerprint density at radius 3 is 1.44 bits per heavy atom.